The van der Waals surface area contributed by atoms with E-state index in [0.29, 0.717) is 17.1 Å². The molecule has 5 heteroatoms. The highest BCUT2D eigenvalue weighted by molar-refractivity contribution is 6.33. The number of hydrogen-bond acceptors (Lipinski definition) is 3. The molecule has 1 aromatic rings. The van der Waals surface area contributed by atoms with Crippen molar-refractivity contribution in [3.8, 4) is 6.07 Å². The fourth-order valence-corrected chi connectivity index (χ4v) is 2.05. The molecule has 1 unspecified atom stereocenters. The molecule has 0 bridgehead atoms. The van der Waals surface area contributed by atoms with Gasteiger partial charge in [0.1, 0.15) is 0 Å². The number of nitrogens with one attached hydrogen (secondary N) is 1. The Morgan fingerprint density at radius 1 is 1.61 bits per heavy atom. The van der Waals surface area contributed by atoms with E-state index in [1.54, 1.807) is 25.2 Å². The van der Waals surface area contributed by atoms with Gasteiger partial charge in [-0.2, -0.15) is 5.26 Å². The summed E-state index contributed by atoms with van der Waals surface area (Å²) in [6.45, 7) is 2.41. The zero-order chi connectivity index (χ0) is 13.7. The first-order valence-corrected chi connectivity index (χ1v) is 5.99. The van der Waals surface area contributed by atoms with Gasteiger partial charge in [-0.3, -0.25) is 4.79 Å². The summed E-state index contributed by atoms with van der Waals surface area (Å²) in [7, 11) is 3.49. The second-order valence-electron chi connectivity index (χ2n) is 4.17. The lowest BCUT2D eigenvalue weighted by atomic mass is 10.1. The Balaban J connectivity index is 2.82. The molecule has 18 heavy (non-hydrogen) atoms. The van der Waals surface area contributed by atoms with Crippen molar-refractivity contribution in [3.63, 3.8) is 0 Å². The van der Waals surface area contributed by atoms with Crippen LogP contribution < -0.4 is 10.2 Å². The molecule has 0 saturated carbocycles. The molecular formula is C13H16ClN3O. The van der Waals surface area contributed by atoms with Gasteiger partial charge in [-0.25, -0.2) is 0 Å². The third-order valence-corrected chi connectivity index (χ3v) is 3.03. The van der Waals surface area contributed by atoms with Crippen molar-refractivity contribution >= 4 is 23.2 Å². The van der Waals surface area contributed by atoms with Crippen LogP contribution in [0, 0.1) is 17.2 Å². The highest BCUT2D eigenvalue weighted by Gasteiger charge is 2.15. The molecule has 0 aliphatic rings. The van der Waals surface area contributed by atoms with E-state index < -0.39 is 0 Å². The lowest BCUT2D eigenvalue weighted by Crippen LogP contribution is -2.34. The summed E-state index contributed by atoms with van der Waals surface area (Å²) >= 11 is 6.11. The molecule has 0 aromatic heterocycles. The van der Waals surface area contributed by atoms with E-state index in [0.717, 1.165) is 5.69 Å². The number of anilines is 1. The molecule has 1 N–H and O–H groups in total. The first-order valence-electron chi connectivity index (χ1n) is 5.62. The minimum Gasteiger partial charge on any atom is -0.373 e. The number of carbonyl (C=O) groups is 1. The fraction of sp³-hybridized carbons (Fsp3) is 0.385. The molecule has 0 aliphatic heterocycles. The number of amides is 1. The van der Waals surface area contributed by atoms with E-state index in [4.69, 9.17) is 16.9 Å². The minimum absolute atomic E-state index is 0.00776. The van der Waals surface area contributed by atoms with E-state index >= 15 is 0 Å². The number of rotatable bonds is 4. The summed E-state index contributed by atoms with van der Waals surface area (Å²) in [4.78, 5) is 13.4. The molecule has 0 heterocycles. The highest BCUT2D eigenvalue weighted by Crippen LogP contribution is 2.26. The van der Waals surface area contributed by atoms with E-state index in [9.17, 15) is 4.79 Å². The Labute approximate surface area is 112 Å². The molecular weight excluding hydrogens is 250 g/mol. The van der Waals surface area contributed by atoms with Gasteiger partial charge in [0, 0.05) is 20.6 Å². The Hall–Kier alpha value is -1.73. The average molecular weight is 266 g/mol. The molecule has 4 nitrogen and oxygen atoms in total. The summed E-state index contributed by atoms with van der Waals surface area (Å²) in [5.74, 6) is -0.140. The van der Waals surface area contributed by atoms with Crippen LogP contribution in [-0.2, 0) is 4.79 Å². The van der Waals surface area contributed by atoms with Crippen LogP contribution >= 0.6 is 11.6 Å². The van der Waals surface area contributed by atoms with Gasteiger partial charge in [-0.1, -0.05) is 18.5 Å². The van der Waals surface area contributed by atoms with Gasteiger partial charge in [-0.05, 0) is 18.2 Å². The maximum Gasteiger partial charge on any atom is 0.224 e. The lowest BCUT2D eigenvalue weighted by Gasteiger charge is -2.23. The second kappa shape index (κ2) is 6.27. The molecule has 1 rings (SSSR count). The van der Waals surface area contributed by atoms with E-state index in [1.807, 2.05) is 24.9 Å². The van der Waals surface area contributed by atoms with Crippen molar-refractivity contribution in [2.45, 2.75) is 6.92 Å². The number of carbonyl (C=O) groups excluding carboxylic acids is 1. The molecule has 1 amide bonds. The molecule has 0 saturated heterocycles. The summed E-state index contributed by atoms with van der Waals surface area (Å²) in [5.41, 5.74) is 1.34. The van der Waals surface area contributed by atoms with Crippen molar-refractivity contribution in [3.05, 3.63) is 28.8 Å². The molecule has 0 radical (unpaired) electrons. The van der Waals surface area contributed by atoms with Gasteiger partial charge in [0.05, 0.1) is 28.3 Å². The summed E-state index contributed by atoms with van der Waals surface area (Å²) in [6, 6.07) is 7.16. The fourth-order valence-electron chi connectivity index (χ4n) is 1.72. The van der Waals surface area contributed by atoms with Gasteiger partial charge in [-0.15, -0.1) is 0 Å². The van der Waals surface area contributed by atoms with E-state index in [1.165, 1.54) is 0 Å². The van der Waals surface area contributed by atoms with Gasteiger partial charge in [0.2, 0.25) is 5.91 Å². The van der Waals surface area contributed by atoms with E-state index in [2.05, 4.69) is 5.32 Å². The zero-order valence-electron chi connectivity index (χ0n) is 10.7. The SMILES string of the molecule is CNC(=O)C(C)CN(C)c1ccc(C#N)cc1Cl. The standard InChI is InChI=1S/C13H16ClN3O/c1-9(13(18)16-2)8-17(3)12-5-4-10(7-15)6-11(12)14/h4-6,9H,8H2,1-3H3,(H,16,18). The number of halogens is 1. The smallest absolute Gasteiger partial charge is 0.224 e. The number of hydrogen-bond donors (Lipinski definition) is 1. The lowest BCUT2D eigenvalue weighted by molar-refractivity contribution is -0.123. The highest BCUT2D eigenvalue weighted by atomic mass is 35.5. The van der Waals surface area contributed by atoms with Crippen LogP contribution in [0.3, 0.4) is 0 Å². The minimum atomic E-state index is -0.133. The van der Waals surface area contributed by atoms with Gasteiger partial charge < -0.3 is 10.2 Å². The normalized spacial score (nSPS) is 11.5. The van der Waals surface area contributed by atoms with Gasteiger partial charge in [0.15, 0.2) is 0 Å². The molecule has 0 fully saturated rings. The Morgan fingerprint density at radius 3 is 2.78 bits per heavy atom. The van der Waals surface area contributed by atoms with Crippen LogP contribution in [0.5, 0.6) is 0 Å². The van der Waals surface area contributed by atoms with Crippen LogP contribution in [-0.4, -0.2) is 26.5 Å². The second-order valence-corrected chi connectivity index (χ2v) is 4.58. The quantitative estimate of drug-likeness (QED) is 0.906. The molecule has 1 atom stereocenters. The predicted octanol–water partition coefficient (Wildman–Crippen LogP) is 2.03. The average Bonchev–Trinajstić information content (AvgIpc) is 2.37. The summed E-state index contributed by atoms with van der Waals surface area (Å²) in [5, 5.41) is 11.9. The Kier molecular flexibility index (Phi) is 4.99. The summed E-state index contributed by atoms with van der Waals surface area (Å²) in [6.07, 6.45) is 0. The van der Waals surface area contributed by atoms with Crippen molar-refractivity contribution in [1.29, 1.82) is 5.26 Å². The zero-order valence-corrected chi connectivity index (χ0v) is 11.5. The van der Waals surface area contributed by atoms with Crippen LogP contribution in [0.4, 0.5) is 5.69 Å². The third-order valence-electron chi connectivity index (χ3n) is 2.73. The Morgan fingerprint density at radius 2 is 2.28 bits per heavy atom. The Bertz CT molecular complexity index is 482. The summed E-state index contributed by atoms with van der Waals surface area (Å²) < 4.78 is 0. The maximum atomic E-state index is 11.5. The van der Waals surface area contributed by atoms with Crippen molar-refractivity contribution in [1.82, 2.24) is 5.32 Å². The van der Waals surface area contributed by atoms with Crippen LogP contribution in [0.15, 0.2) is 18.2 Å². The monoisotopic (exact) mass is 265 g/mol. The van der Waals surface area contributed by atoms with Crippen LogP contribution in [0.1, 0.15) is 12.5 Å². The first-order chi connectivity index (χ1) is 8.49. The van der Waals surface area contributed by atoms with Crippen LogP contribution in [0.25, 0.3) is 0 Å². The third kappa shape index (κ3) is 3.38. The predicted molar refractivity (Wildman–Crippen MR) is 72.7 cm³/mol. The van der Waals surface area contributed by atoms with Gasteiger partial charge in [0.25, 0.3) is 0 Å². The topological polar surface area (TPSA) is 56.1 Å². The van der Waals surface area contributed by atoms with E-state index in [-0.39, 0.29) is 11.8 Å². The molecule has 96 valence electrons. The van der Waals surface area contributed by atoms with Crippen molar-refractivity contribution in [2.75, 3.05) is 25.5 Å². The molecule has 0 aliphatic carbocycles. The first kappa shape index (κ1) is 14.3. The largest absolute Gasteiger partial charge is 0.373 e. The van der Waals surface area contributed by atoms with Crippen LogP contribution in [0.2, 0.25) is 5.02 Å². The maximum absolute atomic E-state index is 11.5. The number of nitrogens with zero attached hydrogens (tertiary/aromatic N) is 2. The van der Waals surface area contributed by atoms with Gasteiger partial charge >= 0.3 is 0 Å². The number of nitriles is 1. The molecule has 1 aromatic carbocycles. The number of benzene rings is 1. The van der Waals surface area contributed by atoms with Crippen molar-refractivity contribution in [2.24, 2.45) is 5.92 Å². The van der Waals surface area contributed by atoms with Crippen molar-refractivity contribution < 1.29 is 4.79 Å². The molecule has 0 spiro atoms.